The van der Waals surface area contributed by atoms with Crippen LogP contribution in [-0.4, -0.2) is 33.4 Å². The Kier molecular flexibility index (Phi) is 3.75. The predicted molar refractivity (Wildman–Crippen MR) is 33.6 cm³/mol. The average molecular weight is 168 g/mol. The van der Waals surface area contributed by atoms with Crippen molar-refractivity contribution in [2.24, 2.45) is 0 Å². The zero-order valence-corrected chi connectivity index (χ0v) is 6.07. The van der Waals surface area contributed by atoms with E-state index in [4.69, 9.17) is 14.9 Å². The van der Waals surface area contributed by atoms with Crippen molar-refractivity contribution in [1.82, 2.24) is 0 Å². The summed E-state index contributed by atoms with van der Waals surface area (Å²) in [6, 6.07) is 0. The molecule has 0 heterocycles. The molecule has 0 radical (unpaired) electrons. The zero-order chi connectivity index (χ0) is 8.20. The van der Waals surface area contributed by atoms with Crippen LogP contribution in [-0.2, 0) is 9.36 Å². The van der Waals surface area contributed by atoms with Crippen molar-refractivity contribution >= 4 is 13.9 Å². The second-order valence-electron chi connectivity index (χ2n) is 1.88. The molecule has 0 bridgehead atoms. The van der Waals surface area contributed by atoms with Crippen molar-refractivity contribution in [2.75, 3.05) is 6.16 Å². The van der Waals surface area contributed by atoms with Crippen molar-refractivity contribution in [2.45, 2.75) is 12.5 Å². The molecule has 0 aromatic heterocycles. The second-order valence-corrected chi connectivity index (χ2v) is 3.66. The highest BCUT2D eigenvalue weighted by atomic mass is 31.2. The molecule has 0 aliphatic carbocycles. The number of aldehydes is 1. The van der Waals surface area contributed by atoms with Crippen LogP contribution < -0.4 is 0 Å². The predicted octanol–water partition coefficient (Wildman–Crippen LogP) is -0.886. The first kappa shape index (κ1) is 9.78. The minimum Gasteiger partial charge on any atom is -0.386 e. The van der Waals surface area contributed by atoms with E-state index in [1.807, 2.05) is 0 Å². The van der Waals surface area contributed by atoms with Crippen LogP contribution in [0.3, 0.4) is 0 Å². The van der Waals surface area contributed by atoms with Crippen LogP contribution in [0.25, 0.3) is 0 Å². The van der Waals surface area contributed by atoms with E-state index in [1.165, 1.54) is 0 Å². The van der Waals surface area contributed by atoms with Crippen LogP contribution in [0.4, 0.5) is 0 Å². The van der Waals surface area contributed by atoms with Gasteiger partial charge >= 0.3 is 7.60 Å². The van der Waals surface area contributed by atoms with Gasteiger partial charge in [-0.15, -0.1) is 0 Å². The Balaban J connectivity index is 3.55. The van der Waals surface area contributed by atoms with Crippen molar-refractivity contribution in [1.29, 1.82) is 0 Å². The smallest absolute Gasteiger partial charge is 0.325 e. The summed E-state index contributed by atoms with van der Waals surface area (Å²) >= 11 is 0. The van der Waals surface area contributed by atoms with E-state index in [9.17, 15) is 9.36 Å². The third-order valence-corrected chi connectivity index (χ3v) is 1.71. The fraction of sp³-hybridized carbons (Fsp3) is 0.750. The molecule has 10 heavy (non-hydrogen) atoms. The Morgan fingerprint density at radius 1 is 1.50 bits per heavy atom. The number of hydrogen-bond donors (Lipinski definition) is 3. The van der Waals surface area contributed by atoms with Crippen molar-refractivity contribution in [3.05, 3.63) is 0 Å². The molecule has 0 saturated heterocycles. The normalized spacial score (nSPS) is 14.7. The van der Waals surface area contributed by atoms with E-state index in [0.717, 1.165) is 0 Å². The first-order valence-electron chi connectivity index (χ1n) is 2.63. The van der Waals surface area contributed by atoms with Gasteiger partial charge in [-0.2, -0.15) is 0 Å². The van der Waals surface area contributed by atoms with E-state index in [1.54, 1.807) is 0 Å². The van der Waals surface area contributed by atoms with Gasteiger partial charge in [0.25, 0.3) is 0 Å². The number of carbonyl (C=O) groups is 1. The lowest BCUT2D eigenvalue weighted by Gasteiger charge is -2.03. The number of hydrogen-bond acceptors (Lipinski definition) is 3. The molecule has 0 fully saturated rings. The third-order valence-electron chi connectivity index (χ3n) is 0.873. The summed E-state index contributed by atoms with van der Waals surface area (Å²) in [5, 5.41) is 8.51. The van der Waals surface area contributed by atoms with Gasteiger partial charge in [-0.25, -0.2) is 0 Å². The molecule has 1 unspecified atom stereocenters. The second kappa shape index (κ2) is 3.83. The molecule has 0 aliphatic rings. The lowest BCUT2D eigenvalue weighted by Crippen LogP contribution is -2.09. The van der Waals surface area contributed by atoms with Crippen LogP contribution >= 0.6 is 7.60 Å². The maximum Gasteiger partial charge on any atom is 0.325 e. The molecule has 0 amide bonds. The summed E-state index contributed by atoms with van der Waals surface area (Å²) in [5.74, 6) is 0. The Labute approximate surface area is 57.8 Å². The van der Waals surface area contributed by atoms with E-state index in [2.05, 4.69) is 0 Å². The van der Waals surface area contributed by atoms with Gasteiger partial charge in [-0.05, 0) is 6.42 Å². The maximum atomic E-state index is 10.1. The molecule has 0 aromatic rings. The number of carbonyl (C=O) groups excluding carboxylic acids is 1. The molecule has 60 valence electrons. The summed E-state index contributed by atoms with van der Waals surface area (Å²) in [6.07, 6.45) is -1.65. The first-order chi connectivity index (χ1) is 4.45. The van der Waals surface area contributed by atoms with E-state index in [0.29, 0.717) is 0 Å². The van der Waals surface area contributed by atoms with Gasteiger partial charge in [-0.1, -0.05) is 0 Å². The fourth-order valence-corrected chi connectivity index (χ4v) is 0.969. The quantitative estimate of drug-likeness (QED) is 0.374. The molecule has 0 spiro atoms. The molecular formula is C4H9O5P. The standard InChI is InChI=1S/C4H9O5P/c5-3-4(6)1-2-10(7,8)9/h3-4,6H,1-2H2,(H2,7,8,9). The van der Waals surface area contributed by atoms with Gasteiger partial charge < -0.3 is 19.7 Å². The zero-order valence-electron chi connectivity index (χ0n) is 5.17. The summed E-state index contributed by atoms with van der Waals surface area (Å²) in [6.45, 7) is 0. The highest BCUT2D eigenvalue weighted by molar-refractivity contribution is 7.51. The van der Waals surface area contributed by atoms with Crippen LogP contribution in [0.15, 0.2) is 0 Å². The largest absolute Gasteiger partial charge is 0.386 e. The first-order valence-corrected chi connectivity index (χ1v) is 4.43. The molecule has 6 heteroatoms. The van der Waals surface area contributed by atoms with E-state index in [-0.39, 0.29) is 12.7 Å². The van der Waals surface area contributed by atoms with E-state index >= 15 is 0 Å². The number of aliphatic hydroxyl groups excluding tert-OH is 1. The molecule has 0 aromatic carbocycles. The Bertz CT molecular complexity index is 150. The topological polar surface area (TPSA) is 94.8 Å². The Morgan fingerprint density at radius 2 is 2.00 bits per heavy atom. The minimum absolute atomic E-state index is 0.187. The SMILES string of the molecule is O=CC(O)CCP(=O)(O)O. The molecule has 1 atom stereocenters. The van der Waals surface area contributed by atoms with Crippen molar-refractivity contribution in [3.8, 4) is 0 Å². The number of aliphatic hydroxyl groups is 1. The van der Waals surface area contributed by atoms with Crippen molar-refractivity contribution in [3.63, 3.8) is 0 Å². The van der Waals surface area contributed by atoms with Crippen LogP contribution in [0, 0.1) is 0 Å². The van der Waals surface area contributed by atoms with Gasteiger partial charge in [0.15, 0.2) is 0 Å². The Hall–Kier alpha value is -0.220. The molecule has 0 rings (SSSR count). The summed E-state index contributed by atoms with van der Waals surface area (Å²) < 4.78 is 10.1. The van der Waals surface area contributed by atoms with Gasteiger partial charge in [0.05, 0.1) is 6.16 Å². The minimum atomic E-state index is -4.05. The lowest BCUT2D eigenvalue weighted by atomic mass is 10.3. The van der Waals surface area contributed by atoms with E-state index < -0.39 is 19.9 Å². The van der Waals surface area contributed by atoms with Gasteiger partial charge in [0.2, 0.25) is 0 Å². The number of rotatable bonds is 4. The average Bonchev–Trinajstić information content (AvgIpc) is 1.81. The third kappa shape index (κ3) is 5.91. The lowest BCUT2D eigenvalue weighted by molar-refractivity contribution is -0.114. The Morgan fingerprint density at radius 3 is 2.30 bits per heavy atom. The monoisotopic (exact) mass is 168 g/mol. The summed E-state index contributed by atoms with van der Waals surface area (Å²) in [5.41, 5.74) is 0. The molecule has 3 N–H and O–H groups in total. The van der Waals surface area contributed by atoms with Crippen LogP contribution in [0.2, 0.25) is 0 Å². The maximum absolute atomic E-state index is 10.1. The highest BCUT2D eigenvalue weighted by Gasteiger charge is 2.14. The van der Waals surface area contributed by atoms with Crippen LogP contribution in [0.1, 0.15) is 6.42 Å². The van der Waals surface area contributed by atoms with Gasteiger partial charge in [0, 0.05) is 0 Å². The molecule has 0 saturated carbocycles. The fourth-order valence-electron chi connectivity index (χ4n) is 0.368. The molecular weight excluding hydrogens is 159 g/mol. The summed E-state index contributed by atoms with van der Waals surface area (Å²) in [4.78, 5) is 26.2. The van der Waals surface area contributed by atoms with Gasteiger partial charge in [-0.3, -0.25) is 4.57 Å². The van der Waals surface area contributed by atoms with Crippen molar-refractivity contribution < 1.29 is 24.3 Å². The van der Waals surface area contributed by atoms with Gasteiger partial charge in [0.1, 0.15) is 12.4 Å². The molecule has 5 nitrogen and oxygen atoms in total. The summed E-state index contributed by atoms with van der Waals surface area (Å²) in [7, 11) is -4.05. The molecule has 0 aliphatic heterocycles. The highest BCUT2D eigenvalue weighted by Crippen LogP contribution is 2.34. The van der Waals surface area contributed by atoms with Crippen LogP contribution in [0.5, 0.6) is 0 Å².